The number of hydrogen-bond acceptors (Lipinski definition) is 4. The number of rotatable bonds is 2. The van der Waals surface area contributed by atoms with Crippen molar-refractivity contribution in [1.29, 1.82) is 0 Å². The van der Waals surface area contributed by atoms with Crippen LogP contribution in [0.3, 0.4) is 0 Å². The van der Waals surface area contributed by atoms with Crippen LogP contribution >= 0.6 is 27.5 Å². The number of hydrogen-bond donors (Lipinski definition) is 0. The molecular weight excluding hydrogens is 363 g/mol. The van der Waals surface area contributed by atoms with Gasteiger partial charge >= 0.3 is 10.2 Å². The normalized spacial score (nSPS) is 20.1. The van der Waals surface area contributed by atoms with Crippen molar-refractivity contribution in [3.63, 3.8) is 0 Å². The number of aryl methyl sites for hydroxylation is 1. The third-order valence-electron chi connectivity index (χ3n) is 2.86. The van der Waals surface area contributed by atoms with Gasteiger partial charge in [-0.2, -0.15) is 8.42 Å². The highest BCUT2D eigenvalue weighted by Gasteiger charge is 2.40. The molecule has 1 aromatic rings. The van der Waals surface area contributed by atoms with Crippen LogP contribution in [0.1, 0.15) is 12.1 Å². The Labute approximate surface area is 123 Å². The third kappa shape index (κ3) is 2.90. The zero-order valence-corrected chi connectivity index (χ0v) is 12.9. The Bertz CT molecular complexity index is 652. The molecule has 0 radical (unpaired) electrons. The second kappa shape index (κ2) is 4.99. The lowest BCUT2D eigenvalue weighted by atomic mass is 10.3. The maximum Gasteiger partial charge on any atom is 0.307 e. The van der Waals surface area contributed by atoms with E-state index in [1.165, 1.54) is 0 Å². The number of halogens is 3. The largest absolute Gasteiger partial charge is 0.308 e. The predicted molar refractivity (Wildman–Crippen MR) is 72.5 cm³/mol. The summed E-state index contributed by atoms with van der Waals surface area (Å²) < 4.78 is 35.3. The molecule has 1 saturated heterocycles. The second-order valence-corrected chi connectivity index (χ2v) is 7.00. The summed E-state index contributed by atoms with van der Waals surface area (Å²) in [7, 11) is -4.75. The molecule has 1 unspecified atom stereocenters. The van der Waals surface area contributed by atoms with Crippen molar-refractivity contribution < 1.29 is 17.1 Å². The lowest BCUT2D eigenvalue weighted by Gasteiger charge is -2.18. The second-order valence-electron chi connectivity index (χ2n) is 4.17. The number of aromatic nitrogens is 1. The predicted octanol–water partition coefficient (Wildman–Crippen LogP) is 2.21. The molecule has 0 aromatic carbocycles. The van der Waals surface area contributed by atoms with E-state index in [0.29, 0.717) is 10.2 Å². The van der Waals surface area contributed by atoms with Gasteiger partial charge in [-0.15, -0.1) is 3.89 Å². The molecule has 0 bridgehead atoms. The maximum atomic E-state index is 12.9. The molecule has 2 heterocycles. The van der Waals surface area contributed by atoms with Crippen LogP contribution in [-0.2, 0) is 15.0 Å². The van der Waals surface area contributed by atoms with Gasteiger partial charge in [-0.3, -0.25) is 4.79 Å². The van der Waals surface area contributed by atoms with E-state index in [0.717, 1.165) is 4.90 Å². The molecule has 1 amide bonds. The van der Waals surface area contributed by atoms with Gasteiger partial charge in [-0.25, -0.2) is 4.98 Å². The van der Waals surface area contributed by atoms with E-state index in [4.69, 9.17) is 11.6 Å². The lowest BCUT2D eigenvalue weighted by Crippen LogP contribution is -2.27. The summed E-state index contributed by atoms with van der Waals surface area (Å²) in [5, 5.41) is -1.28. The van der Waals surface area contributed by atoms with Gasteiger partial charge in [0.05, 0.1) is 11.4 Å². The first-order valence-electron chi connectivity index (χ1n) is 5.26. The van der Waals surface area contributed by atoms with Crippen LogP contribution < -0.4 is 4.90 Å². The van der Waals surface area contributed by atoms with Crippen molar-refractivity contribution in [2.75, 3.05) is 11.4 Å². The molecule has 1 aliphatic heterocycles. The Kier molecular flexibility index (Phi) is 3.85. The van der Waals surface area contributed by atoms with E-state index < -0.39 is 21.4 Å². The Morgan fingerprint density at radius 3 is 2.74 bits per heavy atom. The molecule has 9 heteroatoms. The van der Waals surface area contributed by atoms with Gasteiger partial charge in [-0.05, 0) is 28.9 Å². The Hall–Kier alpha value is -0.730. The zero-order valence-electron chi connectivity index (χ0n) is 9.73. The summed E-state index contributed by atoms with van der Waals surface area (Å²) in [4.78, 5) is 16.9. The molecule has 1 atom stereocenters. The van der Waals surface area contributed by atoms with Gasteiger partial charge in [0.2, 0.25) is 5.91 Å². The molecule has 0 N–H and O–H groups in total. The Morgan fingerprint density at radius 2 is 2.21 bits per heavy atom. The van der Waals surface area contributed by atoms with Crippen LogP contribution in [0.4, 0.5) is 9.57 Å². The number of anilines is 1. The highest BCUT2D eigenvalue weighted by atomic mass is 79.9. The van der Waals surface area contributed by atoms with Crippen molar-refractivity contribution in [3.05, 3.63) is 21.4 Å². The van der Waals surface area contributed by atoms with Crippen molar-refractivity contribution >= 4 is 49.3 Å². The van der Waals surface area contributed by atoms with Gasteiger partial charge in [0, 0.05) is 17.4 Å². The monoisotopic (exact) mass is 370 g/mol. The van der Waals surface area contributed by atoms with E-state index in [2.05, 4.69) is 20.9 Å². The van der Waals surface area contributed by atoms with E-state index in [1.54, 1.807) is 13.0 Å². The number of pyridine rings is 1. The minimum absolute atomic E-state index is 0.0750. The summed E-state index contributed by atoms with van der Waals surface area (Å²) in [5.41, 5.74) is 0.908. The fraction of sp³-hybridized carbons (Fsp3) is 0.400. The fourth-order valence-corrected chi connectivity index (χ4v) is 3.09. The molecule has 5 nitrogen and oxygen atoms in total. The van der Waals surface area contributed by atoms with Crippen LogP contribution in [0.2, 0.25) is 5.15 Å². The maximum absolute atomic E-state index is 12.9. The number of carbonyl (C=O) groups is 1. The van der Waals surface area contributed by atoms with Crippen LogP contribution in [0.5, 0.6) is 0 Å². The first kappa shape index (κ1) is 14.7. The quantitative estimate of drug-likeness (QED) is 0.590. The fourth-order valence-electron chi connectivity index (χ4n) is 1.83. The third-order valence-corrected chi connectivity index (χ3v) is 5.06. The molecule has 19 heavy (non-hydrogen) atoms. The summed E-state index contributed by atoms with van der Waals surface area (Å²) in [5.74, 6) is -0.495. The smallest absolute Gasteiger partial charge is 0.307 e. The molecule has 104 valence electrons. The number of nitrogens with zero attached hydrogens (tertiary/aromatic N) is 2. The zero-order chi connectivity index (χ0) is 14.4. The average Bonchev–Trinajstić information content (AvgIpc) is 2.65. The van der Waals surface area contributed by atoms with Crippen LogP contribution in [0.25, 0.3) is 0 Å². The average molecular weight is 372 g/mol. The summed E-state index contributed by atoms with van der Waals surface area (Å²) in [6.07, 6.45) is -0.388. The molecule has 0 saturated carbocycles. The Balaban J connectivity index is 2.39. The van der Waals surface area contributed by atoms with Crippen molar-refractivity contribution in [3.8, 4) is 0 Å². The van der Waals surface area contributed by atoms with Crippen LogP contribution in [0, 0.1) is 6.92 Å². The number of carbonyl (C=O) groups excluding carboxylic acids is 1. The minimum Gasteiger partial charge on any atom is -0.308 e. The molecule has 1 aliphatic rings. The molecule has 2 rings (SSSR count). The Morgan fingerprint density at radius 1 is 1.58 bits per heavy atom. The molecular formula is C10H9BrClFN2O3S. The van der Waals surface area contributed by atoms with Gasteiger partial charge in [0.1, 0.15) is 5.25 Å². The van der Waals surface area contributed by atoms with E-state index >= 15 is 0 Å². The SMILES string of the molecule is Cc1nc(Cl)c(N2CC(S(=O)(=O)F)CC2=O)cc1Br. The van der Waals surface area contributed by atoms with Crippen molar-refractivity contribution in [1.82, 2.24) is 4.98 Å². The first-order valence-corrected chi connectivity index (χ1v) is 7.88. The topological polar surface area (TPSA) is 67.3 Å². The lowest BCUT2D eigenvalue weighted by molar-refractivity contribution is -0.117. The number of amides is 1. The van der Waals surface area contributed by atoms with Gasteiger partial charge < -0.3 is 4.90 Å². The van der Waals surface area contributed by atoms with Crippen molar-refractivity contribution in [2.24, 2.45) is 0 Å². The minimum atomic E-state index is -4.75. The van der Waals surface area contributed by atoms with Crippen molar-refractivity contribution in [2.45, 2.75) is 18.6 Å². The standard InChI is InChI=1S/C10H9BrClFN2O3S/c1-5-7(11)3-8(10(12)14-5)15-4-6(2-9(15)16)19(13,17)18/h3,6H,2,4H2,1H3. The first-order chi connectivity index (χ1) is 8.70. The van der Waals surface area contributed by atoms with Gasteiger partial charge in [-0.1, -0.05) is 11.6 Å². The molecule has 0 spiro atoms. The van der Waals surface area contributed by atoms with Gasteiger partial charge in [0.25, 0.3) is 0 Å². The van der Waals surface area contributed by atoms with Crippen LogP contribution in [-0.4, -0.2) is 31.1 Å². The summed E-state index contributed by atoms with van der Waals surface area (Å²) in [6, 6.07) is 1.57. The molecule has 0 aliphatic carbocycles. The molecule has 1 fully saturated rings. The molecule has 1 aromatic heterocycles. The summed E-state index contributed by atoms with van der Waals surface area (Å²) in [6.45, 7) is 1.47. The summed E-state index contributed by atoms with van der Waals surface area (Å²) >= 11 is 9.19. The van der Waals surface area contributed by atoms with E-state index in [9.17, 15) is 17.1 Å². The van der Waals surface area contributed by atoms with Gasteiger partial charge in [0.15, 0.2) is 5.15 Å². The highest BCUT2D eigenvalue weighted by Crippen LogP contribution is 2.33. The van der Waals surface area contributed by atoms with E-state index in [1.807, 2.05) is 0 Å². The highest BCUT2D eigenvalue weighted by molar-refractivity contribution is 9.10. The van der Waals surface area contributed by atoms with Crippen LogP contribution in [0.15, 0.2) is 10.5 Å². The van der Waals surface area contributed by atoms with E-state index in [-0.39, 0.29) is 23.8 Å².